The van der Waals surface area contributed by atoms with Gasteiger partial charge < -0.3 is 10.1 Å². The van der Waals surface area contributed by atoms with Crippen LogP contribution in [0.3, 0.4) is 0 Å². The van der Waals surface area contributed by atoms with Crippen LogP contribution in [0, 0.1) is 5.92 Å². The third-order valence-electron chi connectivity index (χ3n) is 4.34. The predicted molar refractivity (Wildman–Crippen MR) is 78.0 cm³/mol. The minimum Gasteiger partial charge on any atom is -0.383 e. The van der Waals surface area contributed by atoms with Crippen LogP contribution in [0.25, 0.3) is 0 Å². The fourth-order valence-electron chi connectivity index (χ4n) is 2.65. The second kappa shape index (κ2) is 8.13. The van der Waals surface area contributed by atoms with Crippen molar-refractivity contribution in [3.8, 4) is 0 Å². The van der Waals surface area contributed by atoms with Crippen molar-refractivity contribution in [3.05, 3.63) is 0 Å². The molecule has 0 radical (unpaired) electrons. The van der Waals surface area contributed by atoms with Gasteiger partial charge in [0, 0.05) is 31.8 Å². The molecule has 108 valence electrons. The molecule has 0 aromatic heterocycles. The van der Waals surface area contributed by atoms with Gasteiger partial charge in [0.15, 0.2) is 0 Å². The normalized spacial score (nSPS) is 21.0. The molecule has 0 saturated heterocycles. The maximum Gasteiger partial charge on any atom is 0.0589 e. The van der Waals surface area contributed by atoms with E-state index >= 15 is 0 Å². The van der Waals surface area contributed by atoms with Crippen LogP contribution in [-0.4, -0.2) is 49.8 Å². The summed E-state index contributed by atoms with van der Waals surface area (Å²) in [6.07, 6.45) is 4.02. The summed E-state index contributed by atoms with van der Waals surface area (Å²) in [6, 6.07) is 1.81. The monoisotopic (exact) mass is 256 g/mol. The zero-order valence-electron chi connectivity index (χ0n) is 12.9. The largest absolute Gasteiger partial charge is 0.383 e. The molecule has 0 aromatic rings. The zero-order chi connectivity index (χ0) is 13.5. The van der Waals surface area contributed by atoms with Crippen LogP contribution in [0.1, 0.15) is 47.0 Å². The number of hydrogen-bond acceptors (Lipinski definition) is 3. The number of ether oxygens (including phenoxy) is 1. The van der Waals surface area contributed by atoms with Crippen molar-refractivity contribution in [1.82, 2.24) is 10.2 Å². The number of rotatable bonds is 10. The van der Waals surface area contributed by atoms with E-state index in [4.69, 9.17) is 4.74 Å². The zero-order valence-corrected chi connectivity index (χ0v) is 12.9. The van der Waals surface area contributed by atoms with Crippen LogP contribution in [0.5, 0.6) is 0 Å². The van der Waals surface area contributed by atoms with Crippen molar-refractivity contribution in [2.24, 2.45) is 5.92 Å². The summed E-state index contributed by atoms with van der Waals surface area (Å²) in [7, 11) is 1.80. The summed E-state index contributed by atoms with van der Waals surface area (Å²) in [5.74, 6) is 0.919. The van der Waals surface area contributed by atoms with Gasteiger partial charge in [-0.15, -0.1) is 0 Å². The van der Waals surface area contributed by atoms with Crippen molar-refractivity contribution in [3.63, 3.8) is 0 Å². The first-order valence-corrected chi connectivity index (χ1v) is 7.59. The molecule has 1 saturated carbocycles. The van der Waals surface area contributed by atoms with E-state index in [1.807, 2.05) is 0 Å². The van der Waals surface area contributed by atoms with Crippen LogP contribution >= 0.6 is 0 Å². The van der Waals surface area contributed by atoms with Gasteiger partial charge >= 0.3 is 0 Å². The number of nitrogens with one attached hydrogen (secondary N) is 1. The second-order valence-electron chi connectivity index (χ2n) is 5.79. The molecule has 0 bridgehead atoms. The van der Waals surface area contributed by atoms with Gasteiger partial charge in [0.25, 0.3) is 0 Å². The molecule has 0 heterocycles. The van der Waals surface area contributed by atoms with Crippen LogP contribution in [0.2, 0.25) is 0 Å². The lowest BCUT2D eigenvalue weighted by Gasteiger charge is -2.38. The molecule has 0 amide bonds. The molecule has 3 heteroatoms. The minimum atomic E-state index is 0.544. The maximum atomic E-state index is 5.27. The average Bonchev–Trinajstić information content (AvgIpc) is 3.19. The van der Waals surface area contributed by atoms with E-state index in [1.54, 1.807) is 7.11 Å². The Morgan fingerprint density at radius 3 is 2.44 bits per heavy atom. The van der Waals surface area contributed by atoms with Crippen molar-refractivity contribution < 1.29 is 4.74 Å². The first kappa shape index (κ1) is 15.9. The molecule has 0 spiro atoms. The molecule has 1 N–H and O–H groups in total. The first-order chi connectivity index (χ1) is 8.61. The van der Waals surface area contributed by atoms with Crippen LogP contribution in [0.4, 0.5) is 0 Å². The Morgan fingerprint density at radius 1 is 1.28 bits per heavy atom. The van der Waals surface area contributed by atoms with Crippen LogP contribution in [0.15, 0.2) is 0 Å². The van der Waals surface area contributed by atoms with E-state index in [0.717, 1.165) is 25.6 Å². The van der Waals surface area contributed by atoms with E-state index in [1.165, 1.54) is 19.3 Å². The van der Waals surface area contributed by atoms with Crippen LogP contribution in [-0.2, 0) is 4.74 Å². The van der Waals surface area contributed by atoms with E-state index in [2.05, 4.69) is 37.9 Å². The lowest BCUT2D eigenvalue weighted by Crippen LogP contribution is -2.52. The van der Waals surface area contributed by atoms with Gasteiger partial charge in [0.2, 0.25) is 0 Å². The summed E-state index contributed by atoms with van der Waals surface area (Å²) in [4.78, 5) is 2.63. The topological polar surface area (TPSA) is 24.5 Å². The molecule has 1 aliphatic carbocycles. The third kappa shape index (κ3) is 4.87. The second-order valence-corrected chi connectivity index (χ2v) is 5.79. The molecule has 0 aromatic carbocycles. The fraction of sp³-hybridized carbons (Fsp3) is 1.00. The van der Waals surface area contributed by atoms with Gasteiger partial charge in [-0.2, -0.15) is 0 Å². The molecule has 1 rings (SSSR count). The highest BCUT2D eigenvalue weighted by molar-refractivity contribution is 4.89. The lowest BCUT2D eigenvalue weighted by molar-refractivity contribution is 0.0740. The van der Waals surface area contributed by atoms with E-state index < -0.39 is 0 Å². The maximum absolute atomic E-state index is 5.27. The fourth-order valence-corrected chi connectivity index (χ4v) is 2.65. The van der Waals surface area contributed by atoms with Gasteiger partial charge in [0.05, 0.1) is 6.61 Å². The van der Waals surface area contributed by atoms with Crippen molar-refractivity contribution in [2.75, 3.05) is 26.8 Å². The van der Waals surface area contributed by atoms with E-state index in [0.29, 0.717) is 18.1 Å². The SMILES string of the molecule is CCCNC(C)C(C)N(CCOC)C(C)C1CC1. The summed E-state index contributed by atoms with van der Waals surface area (Å²) >= 11 is 0. The molecule has 3 atom stereocenters. The first-order valence-electron chi connectivity index (χ1n) is 7.59. The molecular weight excluding hydrogens is 224 g/mol. The summed E-state index contributed by atoms with van der Waals surface area (Å²) in [6.45, 7) is 12.3. The Hall–Kier alpha value is -0.120. The van der Waals surface area contributed by atoms with Crippen molar-refractivity contribution in [1.29, 1.82) is 0 Å². The Bertz CT molecular complexity index is 219. The predicted octanol–water partition coefficient (Wildman–Crippen LogP) is 2.51. The number of nitrogens with zero attached hydrogens (tertiary/aromatic N) is 1. The smallest absolute Gasteiger partial charge is 0.0589 e. The quantitative estimate of drug-likeness (QED) is 0.650. The highest BCUT2D eigenvalue weighted by Gasteiger charge is 2.34. The minimum absolute atomic E-state index is 0.544. The van der Waals surface area contributed by atoms with E-state index in [-0.39, 0.29) is 0 Å². The third-order valence-corrected chi connectivity index (χ3v) is 4.34. The van der Waals surface area contributed by atoms with Gasteiger partial charge in [0.1, 0.15) is 0 Å². The lowest BCUT2D eigenvalue weighted by atomic mass is 10.1. The van der Waals surface area contributed by atoms with Gasteiger partial charge in [-0.25, -0.2) is 0 Å². The Morgan fingerprint density at radius 2 is 1.94 bits per heavy atom. The standard InChI is InChI=1S/C15H32N2O/c1-6-9-16-12(2)13(3)17(10-11-18-5)14(4)15-7-8-15/h12-16H,6-11H2,1-5H3. The molecule has 1 aliphatic rings. The number of methoxy groups -OCH3 is 1. The highest BCUT2D eigenvalue weighted by Crippen LogP contribution is 2.36. The summed E-state index contributed by atoms with van der Waals surface area (Å²) in [5.41, 5.74) is 0. The average molecular weight is 256 g/mol. The Balaban J connectivity index is 2.50. The Kier molecular flexibility index (Phi) is 7.20. The number of hydrogen-bond donors (Lipinski definition) is 1. The molecule has 0 aliphatic heterocycles. The van der Waals surface area contributed by atoms with Gasteiger partial charge in [-0.05, 0) is 52.5 Å². The molecule has 3 nitrogen and oxygen atoms in total. The Labute approximate surface area is 113 Å². The molecule has 18 heavy (non-hydrogen) atoms. The summed E-state index contributed by atoms with van der Waals surface area (Å²) < 4.78 is 5.27. The summed E-state index contributed by atoms with van der Waals surface area (Å²) in [5, 5.41) is 3.62. The van der Waals surface area contributed by atoms with Crippen molar-refractivity contribution in [2.45, 2.75) is 65.1 Å². The van der Waals surface area contributed by atoms with Crippen molar-refractivity contribution >= 4 is 0 Å². The van der Waals surface area contributed by atoms with Crippen LogP contribution < -0.4 is 5.32 Å². The molecule has 3 unspecified atom stereocenters. The van der Waals surface area contributed by atoms with E-state index in [9.17, 15) is 0 Å². The highest BCUT2D eigenvalue weighted by atomic mass is 16.5. The van der Waals surface area contributed by atoms with Gasteiger partial charge in [-0.3, -0.25) is 4.90 Å². The molecular formula is C15H32N2O. The molecule has 1 fully saturated rings. The van der Waals surface area contributed by atoms with Gasteiger partial charge in [-0.1, -0.05) is 6.92 Å².